The van der Waals surface area contributed by atoms with E-state index >= 15 is 0 Å². The van der Waals surface area contributed by atoms with Crippen molar-refractivity contribution in [1.82, 2.24) is 4.98 Å². The van der Waals surface area contributed by atoms with E-state index in [0.717, 1.165) is 5.69 Å². The fraction of sp³-hybridized carbons (Fsp3) is 0.250. The molecule has 0 aliphatic carbocycles. The van der Waals surface area contributed by atoms with Crippen LogP contribution in [0.4, 0.5) is 0 Å². The van der Waals surface area contributed by atoms with Gasteiger partial charge in [0.2, 0.25) is 0 Å². The fourth-order valence-corrected chi connectivity index (χ4v) is 0.878. The molecule has 0 unspecified atom stereocenters. The summed E-state index contributed by atoms with van der Waals surface area (Å²) in [6, 6.07) is 5.63. The molecule has 1 aromatic rings. The van der Waals surface area contributed by atoms with Crippen LogP contribution in [0, 0.1) is 0 Å². The van der Waals surface area contributed by atoms with Crippen LogP contribution in [0.2, 0.25) is 0 Å². The summed E-state index contributed by atoms with van der Waals surface area (Å²) in [6.07, 6.45) is 2.78. The van der Waals surface area contributed by atoms with Gasteiger partial charge in [0.1, 0.15) is 0 Å². The Labute approximate surface area is 99.3 Å². The SMILES string of the molecule is [Na+].[O-]C(=S)CCc1ccccn1. The Morgan fingerprint density at radius 3 is 2.75 bits per heavy atom. The summed E-state index contributed by atoms with van der Waals surface area (Å²) >= 11 is 4.41. The Balaban J connectivity index is 0.00000121. The van der Waals surface area contributed by atoms with Gasteiger partial charge in [-0.25, -0.2) is 0 Å². The third kappa shape index (κ3) is 4.83. The summed E-state index contributed by atoms with van der Waals surface area (Å²) < 4.78 is 0. The van der Waals surface area contributed by atoms with Crippen molar-refractivity contribution in [1.29, 1.82) is 0 Å². The van der Waals surface area contributed by atoms with Gasteiger partial charge in [-0.05, 0) is 25.0 Å². The Morgan fingerprint density at radius 1 is 1.50 bits per heavy atom. The van der Waals surface area contributed by atoms with Crippen molar-refractivity contribution >= 4 is 17.3 Å². The predicted molar refractivity (Wildman–Crippen MR) is 45.2 cm³/mol. The molecule has 0 spiro atoms. The smallest absolute Gasteiger partial charge is 0.867 e. The van der Waals surface area contributed by atoms with Crippen molar-refractivity contribution in [3.05, 3.63) is 30.1 Å². The minimum atomic E-state index is -0.198. The number of rotatable bonds is 3. The Morgan fingerprint density at radius 2 is 2.25 bits per heavy atom. The molecule has 0 fully saturated rings. The zero-order valence-electron chi connectivity index (χ0n) is 6.99. The van der Waals surface area contributed by atoms with Gasteiger partial charge in [-0.3, -0.25) is 4.98 Å². The monoisotopic (exact) mass is 189 g/mol. The number of hydrogen-bond acceptors (Lipinski definition) is 3. The molecule has 0 saturated carbocycles. The largest absolute Gasteiger partial charge is 1.00 e. The van der Waals surface area contributed by atoms with Crippen LogP contribution < -0.4 is 34.7 Å². The van der Waals surface area contributed by atoms with Crippen LogP contribution in [0.15, 0.2) is 24.4 Å². The van der Waals surface area contributed by atoms with Crippen molar-refractivity contribution in [2.24, 2.45) is 0 Å². The van der Waals surface area contributed by atoms with Crippen molar-refractivity contribution in [2.75, 3.05) is 0 Å². The second-order valence-corrected chi connectivity index (χ2v) is 2.65. The molecule has 0 aromatic carbocycles. The van der Waals surface area contributed by atoms with E-state index in [0.29, 0.717) is 12.8 Å². The molecule has 0 amide bonds. The molecule has 0 bridgehead atoms. The first-order valence-electron chi connectivity index (χ1n) is 3.39. The maximum absolute atomic E-state index is 10.4. The van der Waals surface area contributed by atoms with Gasteiger partial charge in [0, 0.05) is 11.9 Å². The number of aromatic nitrogens is 1. The Hall–Kier alpha value is 0.0400. The first-order chi connectivity index (χ1) is 5.29. The normalized spacial score (nSPS) is 8.67. The maximum atomic E-state index is 10.4. The molecule has 1 heterocycles. The van der Waals surface area contributed by atoms with Crippen LogP contribution in [0.25, 0.3) is 0 Å². The maximum Gasteiger partial charge on any atom is 1.00 e. The second kappa shape index (κ2) is 6.54. The zero-order valence-corrected chi connectivity index (χ0v) is 9.80. The zero-order chi connectivity index (χ0) is 8.10. The Bertz CT molecular complexity index is 240. The van der Waals surface area contributed by atoms with Gasteiger partial charge >= 0.3 is 29.6 Å². The topological polar surface area (TPSA) is 36.0 Å². The minimum Gasteiger partial charge on any atom is -0.867 e. The summed E-state index contributed by atoms with van der Waals surface area (Å²) in [7, 11) is 0. The molecule has 0 atom stereocenters. The molecule has 0 aliphatic heterocycles. The number of pyridine rings is 1. The standard InChI is InChI=1S/C8H9NOS.Na/c10-8(11)5-4-7-3-1-2-6-9-7;/h1-3,6H,4-5H2,(H,10,11);/q;+1/p-1. The fourth-order valence-electron chi connectivity index (χ4n) is 0.776. The van der Waals surface area contributed by atoms with Crippen LogP contribution in [0.1, 0.15) is 12.1 Å². The first-order valence-corrected chi connectivity index (χ1v) is 3.79. The summed E-state index contributed by atoms with van der Waals surface area (Å²) in [4.78, 5) is 4.05. The second-order valence-electron chi connectivity index (χ2n) is 2.19. The van der Waals surface area contributed by atoms with Gasteiger partial charge < -0.3 is 5.11 Å². The van der Waals surface area contributed by atoms with Gasteiger partial charge in [-0.1, -0.05) is 11.1 Å². The molecule has 0 N–H and O–H groups in total. The van der Waals surface area contributed by atoms with E-state index in [4.69, 9.17) is 0 Å². The summed E-state index contributed by atoms with van der Waals surface area (Å²) in [5.41, 5.74) is 0.922. The van der Waals surface area contributed by atoms with Crippen LogP contribution in [-0.4, -0.2) is 10.0 Å². The van der Waals surface area contributed by atoms with Gasteiger partial charge in [-0.2, -0.15) is 0 Å². The third-order valence-electron chi connectivity index (χ3n) is 1.31. The van der Waals surface area contributed by atoms with Crippen molar-refractivity contribution < 1.29 is 34.7 Å². The van der Waals surface area contributed by atoms with Crippen LogP contribution in [0.5, 0.6) is 0 Å². The van der Waals surface area contributed by atoms with Gasteiger partial charge in [0.25, 0.3) is 0 Å². The van der Waals surface area contributed by atoms with E-state index in [1.165, 1.54) is 0 Å². The van der Waals surface area contributed by atoms with Gasteiger partial charge in [0.05, 0.1) is 0 Å². The van der Waals surface area contributed by atoms with Crippen LogP contribution >= 0.6 is 12.2 Å². The molecular formula is C8H8NNaOS. The summed E-state index contributed by atoms with van der Waals surface area (Å²) in [5.74, 6) is 0. The molecule has 4 heteroatoms. The minimum absolute atomic E-state index is 0. The van der Waals surface area contributed by atoms with E-state index in [2.05, 4.69) is 17.2 Å². The van der Waals surface area contributed by atoms with E-state index < -0.39 is 0 Å². The molecule has 0 radical (unpaired) electrons. The average Bonchev–Trinajstić information content (AvgIpc) is 2.03. The number of thiocarbonyl (C=S) groups is 1. The molecule has 1 rings (SSSR count). The number of aryl methyl sites for hydroxylation is 1. The molecule has 2 nitrogen and oxygen atoms in total. The molecule has 58 valence electrons. The molecule has 0 saturated heterocycles. The van der Waals surface area contributed by atoms with Crippen molar-refractivity contribution in [2.45, 2.75) is 12.8 Å². The number of nitrogens with zero attached hydrogens (tertiary/aromatic N) is 1. The van der Waals surface area contributed by atoms with E-state index in [9.17, 15) is 5.11 Å². The first kappa shape index (κ1) is 12.0. The molecule has 1 aromatic heterocycles. The van der Waals surface area contributed by atoms with Gasteiger partial charge in [-0.15, -0.1) is 12.2 Å². The molecule has 12 heavy (non-hydrogen) atoms. The van der Waals surface area contributed by atoms with Crippen molar-refractivity contribution in [3.8, 4) is 0 Å². The van der Waals surface area contributed by atoms with Crippen LogP contribution in [0.3, 0.4) is 0 Å². The van der Waals surface area contributed by atoms with Crippen LogP contribution in [-0.2, 0) is 6.42 Å². The Kier molecular flexibility index (Phi) is 6.57. The average molecular weight is 189 g/mol. The predicted octanol–water partition coefficient (Wildman–Crippen LogP) is -2.29. The summed E-state index contributed by atoms with van der Waals surface area (Å²) in [6.45, 7) is 0. The molecule has 0 aliphatic rings. The van der Waals surface area contributed by atoms with E-state index in [1.807, 2.05) is 18.2 Å². The quantitative estimate of drug-likeness (QED) is 0.396. The third-order valence-corrected chi connectivity index (χ3v) is 1.52. The van der Waals surface area contributed by atoms with Gasteiger partial charge in [0.15, 0.2) is 0 Å². The number of hydrogen-bond donors (Lipinski definition) is 0. The van der Waals surface area contributed by atoms with E-state index in [1.54, 1.807) is 6.20 Å². The summed E-state index contributed by atoms with van der Waals surface area (Å²) in [5, 5.41) is 10.2. The van der Waals surface area contributed by atoms with Crippen molar-refractivity contribution in [3.63, 3.8) is 0 Å². The molecular weight excluding hydrogens is 181 g/mol. The van der Waals surface area contributed by atoms with E-state index in [-0.39, 0.29) is 34.6 Å².